The van der Waals surface area contributed by atoms with Crippen LogP contribution in [-0.2, 0) is 11.2 Å². The number of hydrogen-bond donors (Lipinski definition) is 0. The molecule has 0 amide bonds. The van der Waals surface area contributed by atoms with E-state index in [1.165, 1.54) is 0 Å². The van der Waals surface area contributed by atoms with Gasteiger partial charge in [0.1, 0.15) is 5.75 Å². The Morgan fingerprint density at radius 3 is 2.80 bits per heavy atom. The molecule has 0 spiro atoms. The summed E-state index contributed by atoms with van der Waals surface area (Å²) in [5.41, 5.74) is 1.14. The van der Waals surface area contributed by atoms with Gasteiger partial charge in [0, 0.05) is 0 Å². The lowest BCUT2D eigenvalue weighted by Crippen LogP contribution is -1.92. The lowest BCUT2D eigenvalue weighted by Gasteiger charge is -2.06. The highest BCUT2D eigenvalue weighted by atomic mass is 35.5. The molecule has 1 aromatic rings. The summed E-state index contributed by atoms with van der Waals surface area (Å²) in [6.45, 7) is 2.56. The van der Waals surface area contributed by atoms with E-state index in [0.717, 1.165) is 17.7 Å². The molecule has 1 rings (SSSR count). The van der Waals surface area contributed by atoms with E-state index < -0.39 is 0 Å². The Morgan fingerprint density at radius 1 is 1.40 bits per heavy atom. The quantitative estimate of drug-likeness (QED) is 0.716. The Labute approximate surface area is 95.5 Å². The van der Waals surface area contributed by atoms with E-state index in [1.54, 1.807) is 13.4 Å². The van der Waals surface area contributed by atoms with Crippen LogP contribution in [0.15, 0.2) is 30.5 Å². The highest BCUT2D eigenvalue weighted by molar-refractivity contribution is 6.32. The third kappa shape index (κ3) is 3.84. The number of allylic oxidation sites excluding steroid dienone is 1. The highest BCUT2D eigenvalue weighted by Gasteiger charge is 2.01. The molecule has 0 unspecified atom stereocenters. The minimum absolute atomic E-state index is 0.628. The molecule has 0 aliphatic carbocycles. The van der Waals surface area contributed by atoms with Crippen LogP contribution in [0.4, 0.5) is 0 Å². The maximum Gasteiger partial charge on any atom is 0.137 e. The largest absolute Gasteiger partial charge is 0.505 e. The molecule has 2 nitrogen and oxygen atoms in total. The summed E-state index contributed by atoms with van der Waals surface area (Å²) >= 11 is 6.04. The van der Waals surface area contributed by atoms with Gasteiger partial charge in [0.2, 0.25) is 0 Å². The second-order valence-corrected chi connectivity index (χ2v) is 3.42. The molecule has 0 saturated heterocycles. The molecule has 0 saturated carbocycles. The minimum atomic E-state index is 0.628. The first kappa shape index (κ1) is 11.9. The van der Waals surface area contributed by atoms with Gasteiger partial charge in [0.25, 0.3) is 0 Å². The second kappa shape index (κ2) is 6.36. The smallest absolute Gasteiger partial charge is 0.137 e. The molecule has 0 bridgehead atoms. The fourth-order valence-corrected chi connectivity index (χ4v) is 1.48. The van der Waals surface area contributed by atoms with E-state index in [4.69, 9.17) is 21.1 Å². The van der Waals surface area contributed by atoms with Gasteiger partial charge in [-0.25, -0.2) is 0 Å². The van der Waals surface area contributed by atoms with Crippen molar-refractivity contribution in [2.24, 2.45) is 0 Å². The topological polar surface area (TPSA) is 18.5 Å². The van der Waals surface area contributed by atoms with E-state index in [0.29, 0.717) is 11.6 Å². The molecule has 15 heavy (non-hydrogen) atoms. The first-order valence-electron chi connectivity index (χ1n) is 4.87. The van der Waals surface area contributed by atoms with Gasteiger partial charge in [-0.2, -0.15) is 0 Å². The van der Waals surface area contributed by atoms with Gasteiger partial charge in [0.05, 0.1) is 25.0 Å². The van der Waals surface area contributed by atoms with Crippen molar-refractivity contribution in [3.05, 3.63) is 41.1 Å². The van der Waals surface area contributed by atoms with Crippen molar-refractivity contribution in [1.29, 1.82) is 0 Å². The van der Waals surface area contributed by atoms with Gasteiger partial charge in [-0.3, -0.25) is 0 Å². The van der Waals surface area contributed by atoms with E-state index in [1.807, 2.05) is 31.2 Å². The van der Waals surface area contributed by atoms with E-state index in [9.17, 15) is 0 Å². The number of halogens is 1. The molecule has 0 N–H and O–H groups in total. The predicted molar refractivity (Wildman–Crippen MR) is 62.5 cm³/mol. The lowest BCUT2D eigenvalue weighted by molar-refractivity contribution is 0.336. The molecule has 82 valence electrons. The van der Waals surface area contributed by atoms with Crippen LogP contribution in [0.2, 0.25) is 5.02 Å². The molecule has 1 aromatic carbocycles. The average Bonchev–Trinajstić information content (AvgIpc) is 2.23. The van der Waals surface area contributed by atoms with Crippen LogP contribution in [0.5, 0.6) is 5.75 Å². The molecule has 0 fully saturated rings. The first-order valence-corrected chi connectivity index (χ1v) is 5.24. The van der Waals surface area contributed by atoms with Crippen LogP contribution >= 0.6 is 11.6 Å². The Hall–Kier alpha value is -1.15. The predicted octanol–water partition coefficient (Wildman–Crippen LogP) is 3.44. The summed E-state index contributed by atoms with van der Waals surface area (Å²) in [6.07, 6.45) is 4.40. The number of methoxy groups -OCH3 is 1. The van der Waals surface area contributed by atoms with Crippen LogP contribution in [0.3, 0.4) is 0 Å². The van der Waals surface area contributed by atoms with Crippen molar-refractivity contribution in [2.45, 2.75) is 13.3 Å². The summed E-state index contributed by atoms with van der Waals surface area (Å²) < 4.78 is 10.2. The van der Waals surface area contributed by atoms with E-state index in [-0.39, 0.29) is 0 Å². The molecule has 0 aliphatic heterocycles. The van der Waals surface area contributed by atoms with Gasteiger partial charge in [-0.15, -0.1) is 0 Å². The van der Waals surface area contributed by atoms with Crippen LogP contribution in [0, 0.1) is 0 Å². The Kier molecular flexibility index (Phi) is 5.05. The summed E-state index contributed by atoms with van der Waals surface area (Å²) in [5, 5.41) is 0.653. The monoisotopic (exact) mass is 226 g/mol. The van der Waals surface area contributed by atoms with Crippen LogP contribution in [-0.4, -0.2) is 13.7 Å². The summed E-state index contributed by atoms with van der Waals surface area (Å²) in [4.78, 5) is 0. The Morgan fingerprint density at radius 2 is 2.20 bits per heavy atom. The van der Waals surface area contributed by atoms with Crippen molar-refractivity contribution in [3.63, 3.8) is 0 Å². The number of ether oxygens (including phenoxy) is 2. The summed E-state index contributed by atoms with van der Waals surface area (Å²) in [5.74, 6) is 0.735. The van der Waals surface area contributed by atoms with Gasteiger partial charge in [-0.1, -0.05) is 17.7 Å². The zero-order valence-corrected chi connectivity index (χ0v) is 9.75. The van der Waals surface area contributed by atoms with E-state index in [2.05, 4.69) is 0 Å². The van der Waals surface area contributed by atoms with Crippen molar-refractivity contribution < 1.29 is 9.47 Å². The maximum atomic E-state index is 6.04. The third-order valence-electron chi connectivity index (χ3n) is 1.88. The van der Waals surface area contributed by atoms with Crippen LogP contribution in [0.1, 0.15) is 12.5 Å². The normalized spacial score (nSPS) is 10.6. The van der Waals surface area contributed by atoms with Crippen molar-refractivity contribution in [1.82, 2.24) is 0 Å². The molecular weight excluding hydrogens is 212 g/mol. The third-order valence-corrected chi connectivity index (χ3v) is 2.18. The van der Waals surface area contributed by atoms with Crippen molar-refractivity contribution in [3.8, 4) is 5.75 Å². The molecule has 0 heterocycles. The first-order chi connectivity index (χ1) is 7.27. The highest BCUT2D eigenvalue weighted by Crippen LogP contribution is 2.25. The molecule has 3 heteroatoms. The van der Waals surface area contributed by atoms with Crippen LogP contribution < -0.4 is 4.74 Å². The Balaban J connectivity index is 2.68. The average molecular weight is 227 g/mol. The SMILES string of the molecule is CCOc1ccc(C/C=C/OC)cc1Cl. The van der Waals surface area contributed by atoms with Crippen LogP contribution in [0.25, 0.3) is 0 Å². The fourth-order valence-electron chi connectivity index (χ4n) is 1.22. The van der Waals surface area contributed by atoms with Gasteiger partial charge in [-0.05, 0) is 37.1 Å². The maximum absolute atomic E-state index is 6.04. The molecular formula is C12H15ClO2. The van der Waals surface area contributed by atoms with Crippen molar-refractivity contribution >= 4 is 11.6 Å². The van der Waals surface area contributed by atoms with E-state index >= 15 is 0 Å². The standard InChI is InChI=1S/C12H15ClO2/c1-3-15-12-7-6-10(9-11(12)13)5-4-8-14-2/h4,6-9H,3,5H2,1-2H3/b8-4+. The summed E-state index contributed by atoms with van der Waals surface area (Å²) in [7, 11) is 1.63. The van der Waals surface area contributed by atoms with Gasteiger partial charge < -0.3 is 9.47 Å². The Bertz CT molecular complexity index is 334. The number of hydrogen-bond acceptors (Lipinski definition) is 2. The molecule has 0 radical (unpaired) electrons. The van der Waals surface area contributed by atoms with Gasteiger partial charge in [0.15, 0.2) is 0 Å². The molecule has 0 atom stereocenters. The number of benzene rings is 1. The molecule has 0 aliphatic rings. The molecule has 0 aromatic heterocycles. The van der Waals surface area contributed by atoms with Crippen molar-refractivity contribution in [2.75, 3.05) is 13.7 Å². The summed E-state index contributed by atoms with van der Waals surface area (Å²) in [6, 6.07) is 5.80. The zero-order valence-electron chi connectivity index (χ0n) is 9.00. The zero-order chi connectivity index (χ0) is 11.1. The van der Waals surface area contributed by atoms with Gasteiger partial charge >= 0.3 is 0 Å². The second-order valence-electron chi connectivity index (χ2n) is 3.01. The minimum Gasteiger partial charge on any atom is -0.505 e. The number of rotatable bonds is 5. The fraction of sp³-hybridized carbons (Fsp3) is 0.333. The lowest BCUT2D eigenvalue weighted by atomic mass is 10.1.